The lowest BCUT2D eigenvalue weighted by atomic mass is 10.2. The molecule has 0 saturated heterocycles. The van der Waals surface area contributed by atoms with Crippen LogP contribution in [-0.4, -0.2) is 17.6 Å². The van der Waals surface area contributed by atoms with Crippen molar-refractivity contribution in [1.82, 2.24) is 0 Å². The standard InChI is InChI=1S/C12H14N2O3/c1-4-9(3)13-10-7-6-8-11(17-5-2)12(10)14(15)16/h1,6-9,13H,5H2,2-3H3. The van der Waals surface area contributed by atoms with Crippen LogP contribution >= 0.6 is 0 Å². The molecular formula is C12H14N2O3. The first kappa shape index (κ1) is 12.8. The molecule has 0 spiro atoms. The third-order valence-corrected chi connectivity index (χ3v) is 2.10. The van der Waals surface area contributed by atoms with Gasteiger partial charge >= 0.3 is 5.69 Å². The molecule has 0 saturated carbocycles. The van der Waals surface area contributed by atoms with E-state index in [9.17, 15) is 10.1 Å². The normalized spacial score (nSPS) is 11.4. The number of nitro groups is 1. The van der Waals surface area contributed by atoms with E-state index in [1.54, 1.807) is 32.0 Å². The number of benzene rings is 1. The van der Waals surface area contributed by atoms with Gasteiger partial charge in [0, 0.05) is 0 Å². The average molecular weight is 234 g/mol. The maximum atomic E-state index is 11.0. The van der Waals surface area contributed by atoms with Gasteiger partial charge in [0.25, 0.3) is 0 Å². The molecule has 0 bridgehead atoms. The Morgan fingerprint density at radius 2 is 2.35 bits per heavy atom. The Bertz CT molecular complexity index is 452. The van der Waals surface area contributed by atoms with E-state index in [1.165, 1.54) is 0 Å². The summed E-state index contributed by atoms with van der Waals surface area (Å²) in [5.74, 6) is 2.70. The lowest BCUT2D eigenvalue weighted by Gasteiger charge is -2.12. The smallest absolute Gasteiger partial charge is 0.333 e. The van der Waals surface area contributed by atoms with Crippen LogP contribution in [0, 0.1) is 22.5 Å². The maximum absolute atomic E-state index is 11.0. The summed E-state index contributed by atoms with van der Waals surface area (Å²) in [6.07, 6.45) is 5.23. The minimum absolute atomic E-state index is 0.0866. The molecule has 0 aliphatic rings. The van der Waals surface area contributed by atoms with Crippen LogP contribution in [-0.2, 0) is 0 Å². The van der Waals surface area contributed by atoms with Gasteiger partial charge in [-0.3, -0.25) is 10.1 Å². The number of hydrogen-bond donors (Lipinski definition) is 1. The molecule has 0 amide bonds. The number of nitrogens with one attached hydrogen (secondary N) is 1. The lowest BCUT2D eigenvalue weighted by Crippen LogP contribution is -2.13. The number of anilines is 1. The number of para-hydroxylation sites is 1. The van der Waals surface area contributed by atoms with Gasteiger partial charge in [-0.05, 0) is 26.0 Å². The van der Waals surface area contributed by atoms with Crippen molar-refractivity contribution in [3.8, 4) is 18.1 Å². The molecule has 1 unspecified atom stereocenters. The Morgan fingerprint density at radius 1 is 1.65 bits per heavy atom. The van der Waals surface area contributed by atoms with Crippen LogP contribution in [0.4, 0.5) is 11.4 Å². The molecule has 0 fully saturated rings. The first-order valence-corrected chi connectivity index (χ1v) is 5.23. The highest BCUT2D eigenvalue weighted by Gasteiger charge is 2.21. The van der Waals surface area contributed by atoms with Crippen molar-refractivity contribution in [3.63, 3.8) is 0 Å². The molecule has 0 radical (unpaired) electrons. The highest BCUT2D eigenvalue weighted by molar-refractivity contribution is 5.69. The number of terminal acetylenes is 1. The monoisotopic (exact) mass is 234 g/mol. The second-order valence-electron chi connectivity index (χ2n) is 3.38. The van der Waals surface area contributed by atoms with Gasteiger partial charge in [-0.25, -0.2) is 0 Å². The summed E-state index contributed by atoms with van der Waals surface area (Å²) in [5.41, 5.74) is 0.280. The predicted octanol–water partition coefficient (Wildman–Crippen LogP) is 2.43. The van der Waals surface area contributed by atoms with Crippen molar-refractivity contribution in [2.45, 2.75) is 19.9 Å². The molecular weight excluding hydrogens is 220 g/mol. The van der Waals surface area contributed by atoms with Crippen LogP contribution in [0.2, 0.25) is 0 Å². The van der Waals surface area contributed by atoms with E-state index in [4.69, 9.17) is 11.2 Å². The number of ether oxygens (including phenoxy) is 1. The molecule has 1 N–H and O–H groups in total. The topological polar surface area (TPSA) is 64.4 Å². The molecule has 0 aliphatic heterocycles. The Balaban J connectivity index is 3.16. The summed E-state index contributed by atoms with van der Waals surface area (Å²) in [6.45, 7) is 3.89. The number of rotatable bonds is 5. The first-order chi connectivity index (χ1) is 8.10. The molecule has 17 heavy (non-hydrogen) atoms. The van der Waals surface area contributed by atoms with Crippen LogP contribution < -0.4 is 10.1 Å². The minimum Gasteiger partial charge on any atom is -0.487 e. The molecule has 0 aliphatic carbocycles. The SMILES string of the molecule is C#CC(C)Nc1cccc(OCC)c1[N+](=O)[O-]. The predicted molar refractivity (Wildman–Crippen MR) is 66.2 cm³/mol. The van der Waals surface area contributed by atoms with Gasteiger partial charge in [0.1, 0.15) is 5.69 Å². The van der Waals surface area contributed by atoms with E-state index in [-0.39, 0.29) is 17.5 Å². The summed E-state index contributed by atoms with van der Waals surface area (Å²) in [4.78, 5) is 10.5. The summed E-state index contributed by atoms with van der Waals surface area (Å²) < 4.78 is 5.22. The summed E-state index contributed by atoms with van der Waals surface area (Å²) in [5, 5.41) is 13.9. The van der Waals surface area contributed by atoms with Crippen LogP contribution in [0.5, 0.6) is 5.75 Å². The fourth-order valence-electron chi connectivity index (χ4n) is 1.37. The van der Waals surface area contributed by atoms with Gasteiger partial charge in [-0.1, -0.05) is 12.0 Å². The molecule has 0 aromatic heterocycles. The Kier molecular flexibility index (Phi) is 4.35. The van der Waals surface area contributed by atoms with Crippen LogP contribution in [0.15, 0.2) is 18.2 Å². The third-order valence-electron chi connectivity index (χ3n) is 2.10. The Morgan fingerprint density at radius 3 is 2.88 bits per heavy atom. The van der Waals surface area contributed by atoms with Crippen LogP contribution in [0.25, 0.3) is 0 Å². The van der Waals surface area contributed by atoms with Crippen LogP contribution in [0.1, 0.15) is 13.8 Å². The van der Waals surface area contributed by atoms with Gasteiger partial charge < -0.3 is 10.1 Å². The zero-order valence-electron chi connectivity index (χ0n) is 9.77. The summed E-state index contributed by atoms with van der Waals surface area (Å²) in [6, 6.07) is 4.57. The second kappa shape index (κ2) is 5.75. The van der Waals surface area contributed by atoms with Crippen molar-refractivity contribution >= 4 is 11.4 Å². The summed E-state index contributed by atoms with van der Waals surface area (Å²) in [7, 11) is 0. The summed E-state index contributed by atoms with van der Waals surface area (Å²) >= 11 is 0. The van der Waals surface area contributed by atoms with E-state index in [0.29, 0.717) is 12.3 Å². The zero-order chi connectivity index (χ0) is 12.8. The minimum atomic E-state index is -0.476. The molecule has 1 aromatic rings. The highest BCUT2D eigenvalue weighted by Crippen LogP contribution is 2.34. The highest BCUT2D eigenvalue weighted by atomic mass is 16.6. The molecule has 90 valence electrons. The van der Waals surface area contributed by atoms with Crippen molar-refractivity contribution in [2.24, 2.45) is 0 Å². The number of hydrogen-bond acceptors (Lipinski definition) is 4. The van der Waals surface area contributed by atoms with E-state index < -0.39 is 4.92 Å². The zero-order valence-corrected chi connectivity index (χ0v) is 9.77. The van der Waals surface area contributed by atoms with E-state index in [1.807, 2.05) is 0 Å². The fourth-order valence-corrected chi connectivity index (χ4v) is 1.37. The van der Waals surface area contributed by atoms with Gasteiger partial charge in [-0.2, -0.15) is 0 Å². The molecule has 1 rings (SSSR count). The van der Waals surface area contributed by atoms with Crippen molar-refractivity contribution in [1.29, 1.82) is 0 Å². The average Bonchev–Trinajstić information content (AvgIpc) is 2.29. The fraction of sp³-hybridized carbons (Fsp3) is 0.333. The maximum Gasteiger partial charge on any atom is 0.333 e. The Hall–Kier alpha value is -2.22. The van der Waals surface area contributed by atoms with Crippen molar-refractivity contribution < 1.29 is 9.66 Å². The largest absolute Gasteiger partial charge is 0.487 e. The van der Waals surface area contributed by atoms with E-state index in [0.717, 1.165) is 0 Å². The van der Waals surface area contributed by atoms with Crippen LogP contribution in [0.3, 0.4) is 0 Å². The van der Waals surface area contributed by atoms with Gasteiger partial charge in [-0.15, -0.1) is 6.42 Å². The lowest BCUT2D eigenvalue weighted by molar-refractivity contribution is -0.384. The van der Waals surface area contributed by atoms with Crippen molar-refractivity contribution in [2.75, 3.05) is 11.9 Å². The van der Waals surface area contributed by atoms with E-state index in [2.05, 4.69) is 11.2 Å². The quantitative estimate of drug-likeness (QED) is 0.482. The molecule has 5 heteroatoms. The first-order valence-electron chi connectivity index (χ1n) is 5.23. The van der Waals surface area contributed by atoms with Gasteiger partial charge in [0.05, 0.1) is 17.6 Å². The molecule has 5 nitrogen and oxygen atoms in total. The third kappa shape index (κ3) is 3.11. The number of nitrogens with zero attached hydrogens (tertiary/aromatic N) is 1. The van der Waals surface area contributed by atoms with Crippen molar-refractivity contribution in [3.05, 3.63) is 28.3 Å². The van der Waals surface area contributed by atoms with Gasteiger partial charge in [0.15, 0.2) is 5.75 Å². The van der Waals surface area contributed by atoms with E-state index >= 15 is 0 Å². The molecule has 0 heterocycles. The molecule has 1 atom stereocenters. The van der Waals surface area contributed by atoms with Gasteiger partial charge in [0.2, 0.25) is 0 Å². The second-order valence-corrected chi connectivity index (χ2v) is 3.38. The molecule has 1 aromatic carbocycles. The number of nitro benzene ring substituents is 1. The Labute approximate surface area is 99.9 Å².